The van der Waals surface area contributed by atoms with Gasteiger partial charge in [-0.2, -0.15) is 5.10 Å². The third-order valence-electron chi connectivity index (χ3n) is 6.19. The quantitative estimate of drug-likeness (QED) is 0.685. The fourth-order valence-corrected chi connectivity index (χ4v) is 5.00. The second kappa shape index (κ2) is 6.52. The van der Waals surface area contributed by atoms with Crippen LogP contribution in [0.4, 0.5) is 17.6 Å². The first-order valence-electron chi connectivity index (χ1n) is 9.55. The fourth-order valence-electron chi connectivity index (χ4n) is 5.00. The summed E-state index contributed by atoms with van der Waals surface area (Å²) in [5, 5.41) is 5.47. The number of carbonyl (C=O) groups is 1. The van der Waals surface area contributed by atoms with Gasteiger partial charge in [-0.15, -0.1) is 0 Å². The molecule has 2 aromatic rings. The van der Waals surface area contributed by atoms with E-state index in [1.165, 1.54) is 17.1 Å². The molecule has 3 aliphatic carbocycles. The van der Waals surface area contributed by atoms with E-state index in [2.05, 4.69) is 10.1 Å². The van der Waals surface area contributed by atoms with Crippen LogP contribution in [0, 0.1) is 34.1 Å². The van der Waals surface area contributed by atoms with E-state index in [-0.39, 0.29) is 23.8 Å². The predicted octanol–water partition coefficient (Wildman–Crippen LogP) is 4.15. The van der Waals surface area contributed by atoms with Gasteiger partial charge in [-0.1, -0.05) is 0 Å². The van der Waals surface area contributed by atoms with Gasteiger partial charge in [-0.3, -0.25) is 4.79 Å². The molecule has 2 heterocycles. The molecule has 1 unspecified atom stereocenters. The number of amides is 1. The Labute approximate surface area is 169 Å². The molecule has 1 amide bonds. The maximum absolute atomic E-state index is 13.7. The topological polar surface area (TPSA) is 54.8 Å². The SMILES string of the molecule is O=C(N1N=CCC1c1cc(F)cc(F)c1)C12CC(COc3ncc(F)cc3F)(C1)C2. The molecule has 4 aliphatic rings. The molecule has 6 rings (SSSR count). The van der Waals surface area contributed by atoms with Crippen molar-refractivity contribution in [3.8, 4) is 5.88 Å². The molecular formula is C21H17F4N3O2. The summed E-state index contributed by atoms with van der Waals surface area (Å²) in [5.41, 5.74) is -0.465. The average Bonchev–Trinajstić information content (AvgIpc) is 3.09. The highest BCUT2D eigenvalue weighted by Gasteiger charge is 2.73. The van der Waals surface area contributed by atoms with Crippen LogP contribution in [0.25, 0.3) is 0 Å². The Hall–Kier alpha value is -2.97. The van der Waals surface area contributed by atoms with E-state index in [0.717, 1.165) is 12.3 Å². The van der Waals surface area contributed by atoms with E-state index in [9.17, 15) is 22.4 Å². The van der Waals surface area contributed by atoms with Crippen LogP contribution in [-0.2, 0) is 4.79 Å². The standard InChI is InChI=1S/C21H17F4N3O2/c22-13-3-12(4-14(23)5-13)17-1-2-27-28(17)19(29)21-8-20(9-21,10-21)11-30-18-16(25)6-15(24)7-26-18/h2-7,17H,1,8-11H2. The first-order chi connectivity index (χ1) is 14.3. The Bertz CT molecular complexity index is 1030. The maximum Gasteiger partial charge on any atom is 0.250 e. The van der Waals surface area contributed by atoms with Gasteiger partial charge >= 0.3 is 0 Å². The van der Waals surface area contributed by atoms with Crippen LogP contribution in [0.1, 0.15) is 37.3 Å². The summed E-state index contributed by atoms with van der Waals surface area (Å²) >= 11 is 0. The van der Waals surface area contributed by atoms with E-state index in [4.69, 9.17) is 4.74 Å². The third-order valence-corrected chi connectivity index (χ3v) is 6.19. The minimum absolute atomic E-state index is 0.180. The van der Waals surface area contributed by atoms with Gasteiger partial charge in [-0.25, -0.2) is 27.6 Å². The predicted molar refractivity (Wildman–Crippen MR) is 97.4 cm³/mol. The van der Waals surface area contributed by atoms with Gasteiger partial charge in [0, 0.05) is 30.2 Å². The maximum atomic E-state index is 13.7. The molecular weight excluding hydrogens is 402 g/mol. The molecule has 0 saturated heterocycles. The largest absolute Gasteiger partial charge is 0.475 e. The lowest BCUT2D eigenvalue weighted by Crippen LogP contribution is -2.69. The number of aromatic nitrogens is 1. The molecule has 5 nitrogen and oxygen atoms in total. The first-order valence-corrected chi connectivity index (χ1v) is 9.55. The molecule has 1 aliphatic heterocycles. The van der Waals surface area contributed by atoms with Crippen LogP contribution >= 0.6 is 0 Å². The van der Waals surface area contributed by atoms with Gasteiger partial charge in [0.1, 0.15) is 17.5 Å². The Morgan fingerprint density at radius 3 is 2.43 bits per heavy atom. The summed E-state index contributed by atoms with van der Waals surface area (Å²) < 4.78 is 59.2. The van der Waals surface area contributed by atoms with Crippen LogP contribution in [0.15, 0.2) is 35.6 Å². The highest BCUT2D eigenvalue weighted by atomic mass is 19.1. The lowest BCUT2D eigenvalue weighted by atomic mass is 9.35. The highest BCUT2D eigenvalue weighted by molar-refractivity contribution is 5.88. The zero-order chi connectivity index (χ0) is 21.1. The van der Waals surface area contributed by atoms with Crippen molar-refractivity contribution in [1.29, 1.82) is 0 Å². The van der Waals surface area contributed by atoms with Gasteiger partial charge in [0.15, 0.2) is 5.82 Å². The summed E-state index contributed by atoms with van der Waals surface area (Å²) in [4.78, 5) is 16.7. The van der Waals surface area contributed by atoms with E-state index in [1.54, 1.807) is 6.21 Å². The van der Waals surface area contributed by atoms with Crippen LogP contribution < -0.4 is 4.74 Å². The zero-order valence-corrected chi connectivity index (χ0v) is 15.7. The van der Waals surface area contributed by atoms with E-state index >= 15 is 0 Å². The van der Waals surface area contributed by atoms with Crippen molar-refractivity contribution < 1.29 is 27.1 Å². The number of benzene rings is 1. The molecule has 0 N–H and O–H groups in total. The summed E-state index contributed by atoms with van der Waals surface area (Å²) in [6.07, 6.45) is 4.49. The Balaban J connectivity index is 1.24. The Morgan fingerprint density at radius 1 is 1.07 bits per heavy atom. The van der Waals surface area contributed by atoms with E-state index in [0.29, 0.717) is 37.3 Å². The monoisotopic (exact) mass is 419 g/mol. The molecule has 2 bridgehead atoms. The van der Waals surface area contributed by atoms with E-state index < -0.39 is 34.7 Å². The summed E-state index contributed by atoms with van der Waals surface area (Å²) in [5.74, 6) is -3.50. The van der Waals surface area contributed by atoms with Crippen molar-refractivity contribution in [2.24, 2.45) is 15.9 Å². The number of carbonyl (C=O) groups excluding carboxylic acids is 1. The molecule has 0 spiro atoms. The van der Waals surface area contributed by atoms with Gasteiger partial charge in [0.2, 0.25) is 5.91 Å². The number of hydrogen-bond acceptors (Lipinski definition) is 4. The molecule has 0 radical (unpaired) electrons. The van der Waals surface area contributed by atoms with Crippen molar-refractivity contribution in [2.75, 3.05) is 6.61 Å². The van der Waals surface area contributed by atoms with Crippen LogP contribution in [-0.4, -0.2) is 28.7 Å². The van der Waals surface area contributed by atoms with Crippen molar-refractivity contribution in [3.05, 3.63) is 59.3 Å². The van der Waals surface area contributed by atoms with Crippen LogP contribution in [0.3, 0.4) is 0 Å². The summed E-state index contributed by atoms with van der Waals surface area (Å²) in [7, 11) is 0. The van der Waals surface area contributed by atoms with Crippen molar-refractivity contribution in [2.45, 2.75) is 31.7 Å². The fraction of sp³-hybridized carbons (Fsp3) is 0.381. The number of hydrazone groups is 1. The van der Waals surface area contributed by atoms with Crippen LogP contribution in [0.2, 0.25) is 0 Å². The number of ether oxygens (including phenoxy) is 1. The van der Waals surface area contributed by atoms with Crippen LogP contribution in [0.5, 0.6) is 5.88 Å². The summed E-state index contributed by atoms with van der Waals surface area (Å²) in [6, 6.07) is 3.38. The molecule has 9 heteroatoms. The van der Waals surface area contributed by atoms with Gasteiger partial charge in [-0.05, 0) is 37.0 Å². The van der Waals surface area contributed by atoms with Crippen molar-refractivity contribution >= 4 is 12.1 Å². The molecule has 3 saturated carbocycles. The molecule has 1 aromatic carbocycles. The number of hydrogen-bond donors (Lipinski definition) is 0. The van der Waals surface area contributed by atoms with Crippen molar-refractivity contribution in [1.82, 2.24) is 9.99 Å². The lowest BCUT2D eigenvalue weighted by molar-refractivity contribution is -0.227. The smallest absolute Gasteiger partial charge is 0.250 e. The van der Waals surface area contributed by atoms with Gasteiger partial charge in [0.05, 0.1) is 24.3 Å². The summed E-state index contributed by atoms with van der Waals surface area (Å²) in [6.45, 7) is 0.180. The zero-order valence-electron chi connectivity index (χ0n) is 15.7. The number of rotatable bonds is 5. The lowest BCUT2D eigenvalue weighted by Gasteiger charge is -2.69. The molecule has 1 atom stereocenters. The third kappa shape index (κ3) is 2.95. The van der Waals surface area contributed by atoms with Crippen molar-refractivity contribution in [3.63, 3.8) is 0 Å². The Kier molecular flexibility index (Phi) is 4.13. The minimum atomic E-state index is -0.871. The van der Waals surface area contributed by atoms with Gasteiger partial charge in [0.25, 0.3) is 5.88 Å². The van der Waals surface area contributed by atoms with Gasteiger partial charge < -0.3 is 4.74 Å². The number of pyridine rings is 1. The molecule has 1 aromatic heterocycles. The number of halogens is 4. The first kappa shape index (κ1) is 19.0. The number of nitrogens with zero attached hydrogens (tertiary/aromatic N) is 3. The van der Waals surface area contributed by atoms with E-state index in [1.807, 2.05) is 0 Å². The minimum Gasteiger partial charge on any atom is -0.475 e. The molecule has 3 fully saturated rings. The molecule has 30 heavy (non-hydrogen) atoms. The average molecular weight is 419 g/mol. The Morgan fingerprint density at radius 2 is 1.77 bits per heavy atom. The highest BCUT2D eigenvalue weighted by Crippen LogP contribution is 2.74. The second-order valence-corrected chi connectivity index (χ2v) is 8.44. The normalized spacial score (nSPS) is 28.8. The molecule has 156 valence electrons. The second-order valence-electron chi connectivity index (χ2n) is 8.44.